The highest BCUT2D eigenvalue weighted by molar-refractivity contribution is 6.31. The standard InChI is InChI=1S/C17H15ClO/c18-17-8-4-2-6-13(17)10-15(19)11-14-9-12-5-1-3-7-16(12)14/h1-8,14H,9-11H2. The highest BCUT2D eigenvalue weighted by Gasteiger charge is 2.27. The van der Waals surface area contributed by atoms with Gasteiger partial charge in [-0.15, -0.1) is 0 Å². The predicted octanol–water partition coefficient (Wildman–Crippen LogP) is 4.18. The number of hydrogen-bond donors (Lipinski definition) is 0. The van der Waals surface area contributed by atoms with Crippen molar-refractivity contribution in [3.05, 3.63) is 70.2 Å². The number of ketones is 1. The highest BCUT2D eigenvalue weighted by Crippen LogP contribution is 2.37. The van der Waals surface area contributed by atoms with E-state index in [2.05, 4.69) is 18.2 Å². The van der Waals surface area contributed by atoms with E-state index in [-0.39, 0.29) is 5.78 Å². The number of benzene rings is 2. The van der Waals surface area contributed by atoms with E-state index in [4.69, 9.17) is 11.6 Å². The minimum atomic E-state index is 0.271. The van der Waals surface area contributed by atoms with Crippen LogP contribution in [0.25, 0.3) is 0 Å². The van der Waals surface area contributed by atoms with Gasteiger partial charge in [-0.3, -0.25) is 4.79 Å². The summed E-state index contributed by atoms with van der Waals surface area (Å²) in [5, 5.41) is 0.685. The number of carbonyl (C=O) groups is 1. The van der Waals surface area contributed by atoms with Gasteiger partial charge in [0.25, 0.3) is 0 Å². The molecule has 2 heteroatoms. The van der Waals surface area contributed by atoms with E-state index in [1.54, 1.807) is 0 Å². The summed E-state index contributed by atoms with van der Waals surface area (Å²) in [6.45, 7) is 0. The molecule has 1 nitrogen and oxygen atoms in total. The summed E-state index contributed by atoms with van der Waals surface area (Å²) in [5.41, 5.74) is 3.66. The number of halogens is 1. The van der Waals surface area contributed by atoms with Gasteiger partial charge in [0.1, 0.15) is 5.78 Å². The largest absolute Gasteiger partial charge is 0.299 e. The molecule has 1 unspecified atom stereocenters. The van der Waals surface area contributed by atoms with Crippen molar-refractivity contribution in [2.24, 2.45) is 0 Å². The van der Waals surface area contributed by atoms with Gasteiger partial charge < -0.3 is 0 Å². The highest BCUT2D eigenvalue weighted by atomic mass is 35.5. The molecule has 0 heterocycles. The van der Waals surface area contributed by atoms with Gasteiger partial charge in [-0.05, 0) is 35.1 Å². The van der Waals surface area contributed by atoms with Gasteiger partial charge in [0.05, 0.1) is 0 Å². The van der Waals surface area contributed by atoms with Crippen LogP contribution in [0.2, 0.25) is 5.02 Å². The molecule has 0 fully saturated rings. The zero-order valence-corrected chi connectivity index (χ0v) is 11.4. The first kappa shape index (κ1) is 12.4. The van der Waals surface area contributed by atoms with Gasteiger partial charge in [0, 0.05) is 17.9 Å². The molecule has 0 aromatic heterocycles. The summed E-state index contributed by atoms with van der Waals surface area (Å²) >= 11 is 6.08. The van der Waals surface area contributed by atoms with Crippen LogP contribution < -0.4 is 0 Å². The Morgan fingerprint density at radius 3 is 2.63 bits per heavy atom. The van der Waals surface area contributed by atoms with Crippen LogP contribution in [0.5, 0.6) is 0 Å². The maximum atomic E-state index is 12.1. The molecule has 2 aromatic carbocycles. The van der Waals surface area contributed by atoms with Gasteiger partial charge in [0.15, 0.2) is 0 Å². The van der Waals surface area contributed by atoms with Gasteiger partial charge in [0.2, 0.25) is 0 Å². The van der Waals surface area contributed by atoms with E-state index >= 15 is 0 Å². The van der Waals surface area contributed by atoms with Crippen molar-refractivity contribution in [1.29, 1.82) is 0 Å². The molecule has 0 amide bonds. The lowest BCUT2D eigenvalue weighted by Gasteiger charge is -2.29. The Hall–Kier alpha value is -1.60. The third-order valence-electron chi connectivity index (χ3n) is 3.78. The average molecular weight is 271 g/mol. The van der Waals surface area contributed by atoms with E-state index in [9.17, 15) is 4.79 Å². The number of rotatable bonds is 4. The fourth-order valence-electron chi connectivity index (χ4n) is 2.75. The summed E-state index contributed by atoms with van der Waals surface area (Å²) in [6, 6.07) is 15.9. The molecular weight excluding hydrogens is 256 g/mol. The molecule has 96 valence electrons. The molecule has 19 heavy (non-hydrogen) atoms. The van der Waals surface area contributed by atoms with Gasteiger partial charge >= 0.3 is 0 Å². The Balaban J connectivity index is 1.64. The van der Waals surface area contributed by atoms with Crippen LogP contribution in [-0.2, 0) is 17.6 Å². The van der Waals surface area contributed by atoms with Crippen molar-refractivity contribution in [2.75, 3.05) is 0 Å². The second-order valence-electron chi connectivity index (χ2n) is 5.11. The van der Waals surface area contributed by atoms with Crippen LogP contribution >= 0.6 is 11.6 Å². The zero-order valence-electron chi connectivity index (χ0n) is 10.6. The molecule has 1 aliphatic carbocycles. The SMILES string of the molecule is O=C(Cc1ccccc1Cl)CC1Cc2ccccc21. The molecule has 0 N–H and O–H groups in total. The molecule has 0 bridgehead atoms. The third-order valence-corrected chi connectivity index (χ3v) is 4.15. The molecular formula is C17H15ClO. The predicted molar refractivity (Wildman–Crippen MR) is 77.7 cm³/mol. The number of hydrogen-bond acceptors (Lipinski definition) is 1. The smallest absolute Gasteiger partial charge is 0.137 e. The Labute approximate surface area is 118 Å². The monoisotopic (exact) mass is 270 g/mol. The molecule has 0 saturated carbocycles. The topological polar surface area (TPSA) is 17.1 Å². The molecule has 1 atom stereocenters. The molecule has 3 rings (SSSR count). The fraction of sp³-hybridized carbons (Fsp3) is 0.235. The van der Waals surface area contributed by atoms with Crippen molar-refractivity contribution >= 4 is 17.4 Å². The van der Waals surface area contributed by atoms with Crippen LogP contribution in [0.4, 0.5) is 0 Å². The van der Waals surface area contributed by atoms with Crippen molar-refractivity contribution in [2.45, 2.75) is 25.2 Å². The first-order valence-electron chi connectivity index (χ1n) is 6.57. The van der Waals surface area contributed by atoms with Gasteiger partial charge in [-0.25, -0.2) is 0 Å². The van der Waals surface area contributed by atoms with Crippen molar-refractivity contribution in [3.63, 3.8) is 0 Å². The number of carbonyl (C=O) groups excluding carboxylic acids is 1. The molecule has 1 aliphatic rings. The maximum Gasteiger partial charge on any atom is 0.137 e. The van der Waals surface area contributed by atoms with Crippen LogP contribution in [0.3, 0.4) is 0 Å². The van der Waals surface area contributed by atoms with Crippen molar-refractivity contribution in [1.82, 2.24) is 0 Å². The number of fused-ring (bicyclic) bond motifs is 1. The Morgan fingerprint density at radius 2 is 1.84 bits per heavy atom. The summed E-state index contributed by atoms with van der Waals surface area (Å²) < 4.78 is 0. The van der Waals surface area contributed by atoms with Crippen molar-refractivity contribution < 1.29 is 4.79 Å². The Bertz CT molecular complexity index is 618. The summed E-state index contributed by atoms with van der Waals surface area (Å²) in [7, 11) is 0. The van der Waals surface area contributed by atoms with Crippen LogP contribution in [-0.4, -0.2) is 5.78 Å². The Kier molecular flexibility index (Phi) is 3.39. The summed E-state index contributed by atoms with van der Waals surface area (Å²) in [5.74, 6) is 0.679. The lowest BCUT2D eigenvalue weighted by molar-refractivity contribution is -0.118. The fourth-order valence-corrected chi connectivity index (χ4v) is 2.95. The van der Waals surface area contributed by atoms with E-state index < -0.39 is 0 Å². The van der Waals surface area contributed by atoms with E-state index in [1.807, 2.05) is 30.3 Å². The molecule has 2 aromatic rings. The van der Waals surface area contributed by atoms with Crippen LogP contribution in [0.1, 0.15) is 29.0 Å². The summed E-state index contributed by atoms with van der Waals surface area (Å²) in [6.07, 6.45) is 2.10. The first-order valence-corrected chi connectivity index (χ1v) is 6.95. The van der Waals surface area contributed by atoms with E-state index in [0.717, 1.165) is 12.0 Å². The molecule has 0 radical (unpaired) electrons. The minimum absolute atomic E-state index is 0.271. The third kappa shape index (κ3) is 2.57. The zero-order chi connectivity index (χ0) is 13.2. The second kappa shape index (κ2) is 5.18. The normalized spacial score (nSPS) is 16.6. The van der Waals surface area contributed by atoms with Crippen LogP contribution in [0, 0.1) is 0 Å². The number of Topliss-reactive ketones (excluding diaryl/α,β-unsaturated/α-hetero) is 1. The minimum Gasteiger partial charge on any atom is -0.299 e. The van der Waals surface area contributed by atoms with Gasteiger partial charge in [-0.1, -0.05) is 54.1 Å². The lowest BCUT2D eigenvalue weighted by atomic mass is 9.75. The Morgan fingerprint density at radius 1 is 1.11 bits per heavy atom. The summed E-state index contributed by atoms with van der Waals surface area (Å²) in [4.78, 5) is 12.1. The molecule has 0 spiro atoms. The van der Waals surface area contributed by atoms with Crippen molar-refractivity contribution in [3.8, 4) is 0 Å². The molecule has 0 saturated heterocycles. The second-order valence-corrected chi connectivity index (χ2v) is 5.52. The first-order chi connectivity index (χ1) is 9.24. The van der Waals surface area contributed by atoms with Gasteiger partial charge in [-0.2, -0.15) is 0 Å². The van der Waals surface area contributed by atoms with E-state index in [0.29, 0.717) is 23.8 Å². The quantitative estimate of drug-likeness (QED) is 0.814. The lowest BCUT2D eigenvalue weighted by Crippen LogP contribution is -2.20. The maximum absolute atomic E-state index is 12.1. The molecule has 0 aliphatic heterocycles. The van der Waals surface area contributed by atoms with Crippen LogP contribution in [0.15, 0.2) is 48.5 Å². The van der Waals surface area contributed by atoms with E-state index in [1.165, 1.54) is 11.1 Å². The average Bonchev–Trinajstić information content (AvgIpc) is 2.39.